The van der Waals surface area contributed by atoms with Crippen LogP contribution >= 0.6 is 11.8 Å². The van der Waals surface area contributed by atoms with E-state index in [9.17, 15) is 9.59 Å². The van der Waals surface area contributed by atoms with Gasteiger partial charge in [-0.25, -0.2) is 0 Å². The van der Waals surface area contributed by atoms with E-state index in [1.54, 1.807) is 23.1 Å². The van der Waals surface area contributed by atoms with Crippen molar-refractivity contribution in [2.45, 2.75) is 18.1 Å². The van der Waals surface area contributed by atoms with Crippen molar-refractivity contribution in [2.24, 2.45) is 0 Å². The molecule has 0 bridgehead atoms. The van der Waals surface area contributed by atoms with Gasteiger partial charge in [0.05, 0.1) is 18.1 Å². The van der Waals surface area contributed by atoms with Crippen LogP contribution in [0.15, 0.2) is 45.0 Å². The molecule has 1 unspecified atom stereocenters. The lowest BCUT2D eigenvalue weighted by molar-refractivity contribution is -0.133. The van der Waals surface area contributed by atoms with Gasteiger partial charge in [0, 0.05) is 12.3 Å². The zero-order valence-electron chi connectivity index (χ0n) is 10.1. The molecule has 6 nitrogen and oxygen atoms in total. The van der Waals surface area contributed by atoms with E-state index in [4.69, 9.17) is 9.52 Å². The van der Waals surface area contributed by atoms with Gasteiger partial charge in [-0.05, 0) is 19.1 Å². The fourth-order valence-electron chi connectivity index (χ4n) is 1.59. The molecule has 0 aliphatic carbocycles. The first-order valence-electron chi connectivity index (χ1n) is 5.55. The summed E-state index contributed by atoms with van der Waals surface area (Å²) in [6.45, 7) is 1.88. The Morgan fingerprint density at radius 2 is 2.37 bits per heavy atom. The maximum absolute atomic E-state index is 11.3. The molecule has 2 aromatic heterocycles. The second kappa shape index (κ2) is 5.75. The fraction of sp³-hybridized carbons (Fsp3) is 0.250. The zero-order chi connectivity index (χ0) is 13.8. The van der Waals surface area contributed by atoms with E-state index in [0.717, 1.165) is 11.8 Å². The summed E-state index contributed by atoms with van der Waals surface area (Å²) in [6, 6.07) is 4.75. The van der Waals surface area contributed by atoms with Crippen LogP contribution in [-0.2, 0) is 4.79 Å². The lowest BCUT2D eigenvalue weighted by Gasteiger charge is -2.16. The Bertz CT molecular complexity index is 621. The first kappa shape index (κ1) is 13.4. The van der Waals surface area contributed by atoms with Gasteiger partial charge in [-0.15, -0.1) is 0 Å². The highest BCUT2D eigenvalue weighted by Crippen LogP contribution is 2.23. The molecular formula is C12H12N2O4S. The molecule has 1 N–H and O–H groups in total. The van der Waals surface area contributed by atoms with Gasteiger partial charge in [-0.2, -0.15) is 4.98 Å². The van der Waals surface area contributed by atoms with Crippen LogP contribution in [0, 0.1) is 0 Å². The van der Waals surface area contributed by atoms with Gasteiger partial charge in [-0.1, -0.05) is 11.8 Å². The first-order valence-corrected chi connectivity index (χ1v) is 6.53. The van der Waals surface area contributed by atoms with Crippen molar-refractivity contribution in [2.75, 3.05) is 5.75 Å². The van der Waals surface area contributed by atoms with Crippen molar-refractivity contribution in [3.8, 4) is 0 Å². The SMILES string of the molecule is CC(c1ccco1)n1ccc(=O)nc1SCC(=O)O. The summed E-state index contributed by atoms with van der Waals surface area (Å²) in [7, 11) is 0. The van der Waals surface area contributed by atoms with Crippen molar-refractivity contribution in [1.82, 2.24) is 9.55 Å². The van der Waals surface area contributed by atoms with Crippen LogP contribution in [0.25, 0.3) is 0 Å². The largest absolute Gasteiger partial charge is 0.481 e. The van der Waals surface area contributed by atoms with Crippen molar-refractivity contribution in [3.05, 3.63) is 46.8 Å². The summed E-state index contributed by atoms with van der Waals surface area (Å²) in [5.41, 5.74) is -0.393. The molecule has 2 heterocycles. The average Bonchev–Trinajstić information content (AvgIpc) is 2.89. The summed E-state index contributed by atoms with van der Waals surface area (Å²) >= 11 is 1.01. The summed E-state index contributed by atoms with van der Waals surface area (Å²) < 4.78 is 7.02. The van der Waals surface area contributed by atoms with E-state index >= 15 is 0 Å². The van der Waals surface area contributed by atoms with Crippen molar-refractivity contribution >= 4 is 17.7 Å². The second-order valence-electron chi connectivity index (χ2n) is 3.83. The topological polar surface area (TPSA) is 85.3 Å². The third-order valence-corrected chi connectivity index (χ3v) is 3.45. The lowest BCUT2D eigenvalue weighted by Crippen LogP contribution is -2.17. The predicted octanol–water partition coefficient (Wildman–Crippen LogP) is 1.62. The highest BCUT2D eigenvalue weighted by Gasteiger charge is 2.15. The average molecular weight is 280 g/mol. The maximum atomic E-state index is 11.3. The number of carboxylic acids is 1. The van der Waals surface area contributed by atoms with Crippen LogP contribution in [-0.4, -0.2) is 26.4 Å². The number of aliphatic carboxylic acids is 1. The highest BCUT2D eigenvalue weighted by atomic mass is 32.2. The van der Waals surface area contributed by atoms with Gasteiger partial charge >= 0.3 is 5.97 Å². The molecule has 0 aromatic carbocycles. The van der Waals surface area contributed by atoms with Gasteiger partial charge in [0.2, 0.25) is 0 Å². The third-order valence-electron chi connectivity index (χ3n) is 2.50. The van der Waals surface area contributed by atoms with E-state index in [1.165, 1.54) is 6.07 Å². The molecule has 19 heavy (non-hydrogen) atoms. The minimum atomic E-state index is -0.958. The molecule has 0 spiro atoms. The third kappa shape index (κ3) is 3.25. The molecular weight excluding hydrogens is 268 g/mol. The van der Waals surface area contributed by atoms with E-state index in [0.29, 0.717) is 10.9 Å². The van der Waals surface area contributed by atoms with Gasteiger partial charge in [0.25, 0.3) is 5.56 Å². The Hall–Kier alpha value is -2.02. The quantitative estimate of drug-likeness (QED) is 0.661. The summed E-state index contributed by atoms with van der Waals surface area (Å²) in [5.74, 6) is -0.399. The molecule has 0 saturated heterocycles. The smallest absolute Gasteiger partial charge is 0.313 e. The number of carboxylic acid groups (broad SMARTS) is 1. The first-order chi connectivity index (χ1) is 9.08. The molecule has 100 valence electrons. The molecule has 0 fully saturated rings. The van der Waals surface area contributed by atoms with Gasteiger partial charge in [-0.3, -0.25) is 9.59 Å². The number of furan rings is 1. The molecule has 0 aliphatic heterocycles. The van der Waals surface area contributed by atoms with Gasteiger partial charge in [0.15, 0.2) is 5.16 Å². The van der Waals surface area contributed by atoms with Crippen molar-refractivity contribution in [3.63, 3.8) is 0 Å². The summed E-state index contributed by atoms with van der Waals surface area (Å²) in [6.07, 6.45) is 3.15. The molecule has 2 rings (SSSR count). The Labute approximate surface area is 113 Å². The minimum absolute atomic E-state index is 0.151. The van der Waals surface area contributed by atoms with Crippen LogP contribution in [0.1, 0.15) is 18.7 Å². The molecule has 0 aliphatic rings. The highest BCUT2D eigenvalue weighted by molar-refractivity contribution is 7.99. The summed E-state index contributed by atoms with van der Waals surface area (Å²) in [4.78, 5) is 25.7. The lowest BCUT2D eigenvalue weighted by atomic mass is 10.2. The minimum Gasteiger partial charge on any atom is -0.481 e. The molecule has 0 radical (unpaired) electrons. The molecule has 7 heteroatoms. The van der Waals surface area contributed by atoms with E-state index in [1.807, 2.05) is 13.0 Å². The fourth-order valence-corrected chi connectivity index (χ4v) is 2.37. The van der Waals surface area contributed by atoms with Crippen LogP contribution in [0.3, 0.4) is 0 Å². The predicted molar refractivity (Wildman–Crippen MR) is 69.4 cm³/mol. The number of carbonyl (C=O) groups is 1. The monoisotopic (exact) mass is 280 g/mol. The normalized spacial score (nSPS) is 12.3. The number of aromatic nitrogens is 2. The molecule has 1 atom stereocenters. The second-order valence-corrected chi connectivity index (χ2v) is 4.77. The number of nitrogens with zero attached hydrogens (tertiary/aromatic N) is 2. The Morgan fingerprint density at radius 3 is 3.00 bits per heavy atom. The van der Waals surface area contributed by atoms with Crippen molar-refractivity contribution < 1.29 is 14.3 Å². The van der Waals surface area contributed by atoms with Crippen LogP contribution in [0.2, 0.25) is 0 Å². The maximum Gasteiger partial charge on any atom is 0.313 e. The molecule has 2 aromatic rings. The Kier molecular flexibility index (Phi) is 4.06. The Balaban J connectivity index is 2.33. The zero-order valence-corrected chi connectivity index (χ0v) is 11.0. The molecule has 0 amide bonds. The van der Waals surface area contributed by atoms with E-state index < -0.39 is 11.5 Å². The number of thioether (sulfide) groups is 1. The standard InChI is InChI=1S/C12H12N2O4S/c1-8(9-3-2-6-18-9)14-5-4-10(15)13-12(14)19-7-11(16)17/h2-6,8H,7H2,1H3,(H,16,17). The number of hydrogen-bond donors (Lipinski definition) is 1. The van der Waals surface area contributed by atoms with E-state index in [2.05, 4.69) is 4.98 Å². The van der Waals surface area contributed by atoms with Gasteiger partial charge in [0.1, 0.15) is 5.76 Å². The van der Waals surface area contributed by atoms with E-state index in [-0.39, 0.29) is 11.8 Å². The molecule has 0 saturated carbocycles. The number of hydrogen-bond acceptors (Lipinski definition) is 5. The summed E-state index contributed by atoms with van der Waals surface area (Å²) in [5, 5.41) is 9.06. The van der Waals surface area contributed by atoms with Crippen LogP contribution < -0.4 is 5.56 Å². The number of rotatable bonds is 5. The van der Waals surface area contributed by atoms with Crippen LogP contribution in [0.4, 0.5) is 0 Å². The van der Waals surface area contributed by atoms with Gasteiger partial charge < -0.3 is 14.1 Å². The Morgan fingerprint density at radius 1 is 1.58 bits per heavy atom. The van der Waals surface area contributed by atoms with Crippen molar-refractivity contribution in [1.29, 1.82) is 0 Å². The van der Waals surface area contributed by atoms with Crippen LogP contribution in [0.5, 0.6) is 0 Å².